The van der Waals surface area contributed by atoms with E-state index < -0.39 is 33.6 Å². The Morgan fingerprint density at radius 1 is 0.912 bits per heavy atom. The minimum absolute atomic E-state index is 0. The normalized spacial score (nSPS) is 11.9. The van der Waals surface area contributed by atoms with E-state index in [1.54, 1.807) is 12.1 Å². The Morgan fingerprint density at radius 3 is 2.00 bits per heavy atom. The largest absolute Gasteiger partial charge is 0.399 e. The fourth-order valence-electron chi connectivity index (χ4n) is 2.48. The van der Waals surface area contributed by atoms with Crippen LogP contribution in [-0.2, 0) is 42.6 Å². The molecule has 0 unspecified atom stereocenters. The first-order chi connectivity index (χ1) is 15.1. The van der Waals surface area contributed by atoms with Crippen LogP contribution in [0.25, 0.3) is 11.3 Å². The Kier molecular flexibility index (Phi) is 9.95. The topological polar surface area (TPSA) is 80.2 Å². The van der Waals surface area contributed by atoms with Crippen LogP contribution >= 0.6 is 0 Å². The predicted molar refractivity (Wildman–Crippen MR) is 107 cm³/mol. The number of halogens is 6. The van der Waals surface area contributed by atoms with Crippen LogP contribution in [-0.4, -0.2) is 22.9 Å². The van der Waals surface area contributed by atoms with Crippen LogP contribution in [0, 0.1) is 6.07 Å². The van der Waals surface area contributed by atoms with E-state index in [1.165, 1.54) is 30.6 Å². The fraction of sp³-hybridized carbons (Fsp3) is 0.238. The smallest absolute Gasteiger partial charge is 0.305 e. The van der Waals surface area contributed by atoms with E-state index in [-0.39, 0.29) is 48.4 Å². The molecule has 34 heavy (non-hydrogen) atoms. The molecule has 1 N–H and O–H groups in total. The minimum Gasteiger partial charge on any atom is -0.305 e. The van der Waals surface area contributed by atoms with Gasteiger partial charge in [0.15, 0.2) is 5.03 Å². The molecule has 2 aromatic heterocycles. The van der Waals surface area contributed by atoms with Crippen LogP contribution in [0.5, 0.6) is 0 Å². The molecule has 0 atom stereocenters. The fourth-order valence-corrected chi connectivity index (χ4v) is 2.92. The molecule has 2 heterocycles. The third-order valence-corrected chi connectivity index (χ3v) is 4.90. The van der Waals surface area contributed by atoms with Crippen LogP contribution in [0.1, 0.15) is 36.5 Å². The van der Waals surface area contributed by atoms with E-state index in [9.17, 15) is 34.8 Å². The molecule has 1 aromatic carbocycles. The van der Waals surface area contributed by atoms with Crippen molar-refractivity contribution in [3.8, 4) is 11.3 Å². The average molecular weight is 684 g/mol. The molecule has 0 bridgehead atoms. The first kappa shape index (κ1) is 29.7. The first-order valence-corrected chi connectivity index (χ1v) is 10.6. The predicted octanol–water partition coefficient (Wildman–Crippen LogP) is 6.04. The van der Waals surface area contributed by atoms with Gasteiger partial charge in [-0.25, -0.2) is 4.98 Å². The van der Waals surface area contributed by atoms with E-state index in [2.05, 4.69) is 9.97 Å². The number of hydrogen-bond donors (Lipinski definition) is 1. The molecular weight excluding hydrogens is 667 g/mol. The standard InChI is InChI=1S/C16H12F6N.C5H5NO3S.Ir/c1-9(2)10-3-4-23-14(7-10)11-5-12(15(17,18)19)8-13(6-11)16(20,21)22;7-10(8,9)5-3-1-2-4-6-5;/h3-5,7-9H,1-2H3;1-4H,(H,7,8,9);/q-1;;. The number of hydrogen-bond acceptors (Lipinski definition) is 4. The molecule has 0 aliphatic heterocycles. The molecule has 1 radical (unpaired) electrons. The second kappa shape index (κ2) is 11.4. The SMILES string of the molecule is CC(C)c1ccnc(-c2[c-]c(C(F)(F)F)cc(C(F)(F)F)c2)c1.O=S(=O)(O)c1ccccn1.[Ir]. The zero-order valence-electron chi connectivity index (χ0n) is 17.4. The van der Waals surface area contributed by atoms with Gasteiger partial charge in [0, 0.05) is 32.5 Å². The summed E-state index contributed by atoms with van der Waals surface area (Å²) < 4.78 is 106. The van der Waals surface area contributed by atoms with Gasteiger partial charge in [0.25, 0.3) is 0 Å². The summed E-state index contributed by atoms with van der Waals surface area (Å²) in [6.45, 7) is 3.71. The molecule has 0 aliphatic carbocycles. The zero-order chi connectivity index (χ0) is 25.0. The Morgan fingerprint density at radius 2 is 1.56 bits per heavy atom. The van der Waals surface area contributed by atoms with Gasteiger partial charge < -0.3 is 4.98 Å². The summed E-state index contributed by atoms with van der Waals surface area (Å²) in [5.74, 6) is 0.0598. The van der Waals surface area contributed by atoms with Crippen LogP contribution < -0.4 is 0 Å². The zero-order valence-corrected chi connectivity index (χ0v) is 20.7. The van der Waals surface area contributed by atoms with Gasteiger partial charge in [0.2, 0.25) is 0 Å². The summed E-state index contributed by atoms with van der Waals surface area (Å²) in [6, 6.07) is 10.1. The quantitative estimate of drug-likeness (QED) is 0.207. The number of benzene rings is 1. The van der Waals surface area contributed by atoms with Crippen molar-refractivity contribution in [2.24, 2.45) is 0 Å². The van der Waals surface area contributed by atoms with Crippen LogP contribution in [0.2, 0.25) is 0 Å². The van der Waals surface area contributed by atoms with Crippen molar-refractivity contribution in [1.29, 1.82) is 0 Å². The number of rotatable bonds is 3. The molecule has 5 nitrogen and oxygen atoms in total. The van der Waals surface area contributed by atoms with Crippen LogP contribution in [0.3, 0.4) is 0 Å². The molecule has 0 aliphatic rings. The molecule has 0 saturated carbocycles. The Hall–Kier alpha value is -2.34. The van der Waals surface area contributed by atoms with Crippen LogP contribution in [0.4, 0.5) is 26.3 Å². The molecule has 0 spiro atoms. The Balaban J connectivity index is 0.000000442. The van der Waals surface area contributed by atoms with Crippen molar-refractivity contribution < 1.29 is 59.4 Å². The number of nitrogens with zero attached hydrogens (tertiary/aromatic N) is 2. The molecule has 3 rings (SSSR count). The molecule has 0 saturated heterocycles. The second-order valence-corrected chi connectivity index (χ2v) is 8.33. The van der Waals surface area contributed by atoms with Crippen molar-refractivity contribution in [2.45, 2.75) is 37.1 Å². The Labute approximate surface area is 205 Å². The van der Waals surface area contributed by atoms with Gasteiger partial charge in [0.1, 0.15) is 0 Å². The monoisotopic (exact) mass is 684 g/mol. The van der Waals surface area contributed by atoms with E-state index >= 15 is 0 Å². The van der Waals surface area contributed by atoms with Gasteiger partial charge in [0.05, 0.1) is 0 Å². The number of alkyl halides is 6. The van der Waals surface area contributed by atoms with E-state index in [1.807, 2.05) is 19.9 Å². The molecule has 0 amide bonds. The van der Waals surface area contributed by atoms with E-state index in [0.29, 0.717) is 6.07 Å². The summed E-state index contributed by atoms with van der Waals surface area (Å²) in [5, 5.41) is -0.324. The summed E-state index contributed by atoms with van der Waals surface area (Å²) in [5.41, 5.74) is -2.41. The molecule has 187 valence electrons. The van der Waals surface area contributed by atoms with Crippen molar-refractivity contribution >= 4 is 10.1 Å². The van der Waals surface area contributed by atoms with Crippen molar-refractivity contribution in [2.75, 3.05) is 0 Å². The molecule has 3 aromatic rings. The van der Waals surface area contributed by atoms with Gasteiger partial charge in [-0.15, -0.1) is 23.8 Å². The maximum Gasteiger partial charge on any atom is 0.399 e. The maximum absolute atomic E-state index is 12.9. The van der Waals surface area contributed by atoms with E-state index in [4.69, 9.17) is 4.55 Å². The number of aromatic nitrogens is 2. The minimum atomic E-state index is -4.92. The van der Waals surface area contributed by atoms with Gasteiger partial charge in [-0.05, 0) is 40.9 Å². The van der Waals surface area contributed by atoms with Gasteiger partial charge in [-0.3, -0.25) is 4.55 Å². The first-order valence-electron chi connectivity index (χ1n) is 9.15. The van der Waals surface area contributed by atoms with Gasteiger partial charge >= 0.3 is 22.5 Å². The van der Waals surface area contributed by atoms with Crippen molar-refractivity contribution in [3.05, 3.63) is 77.6 Å². The van der Waals surface area contributed by atoms with Crippen molar-refractivity contribution in [3.63, 3.8) is 0 Å². The summed E-state index contributed by atoms with van der Waals surface area (Å²) in [7, 11) is -4.11. The average Bonchev–Trinajstić information content (AvgIpc) is 2.73. The number of pyridine rings is 2. The van der Waals surface area contributed by atoms with Crippen molar-refractivity contribution in [1.82, 2.24) is 9.97 Å². The molecular formula is C21H17F6IrN2O3S-. The van der Waals surface area contributed by atoms with Gasteiger partial charge in [-0.2, -0.15) is 34.8 Å². The summed E-state index contributed by atoms with van der Waals surface area (Å²) in [6.07, 6.45) is -7.17. The second-order valence-electron chi connectivity index (χ2n) is 6.96. The van der Waals surface area contributed by atoms with Crippen LogP contribution in [0.15, 0.2) is 59.9 Å². The molecule has 0 fully saturated rings. The summed E-state index contributed by atoms with van der Waals surface area (Å²) >= 11 is 0. The van der Waals surface area contributed by atoms with Gasteiger partial charge in [-0.1, -0.05) is 31.5 Å². The summed E-state index contributed by atoms with van der Waals surface area (Å²) in [4.78, 5) is 7.28. The third kappa shape index (κ3) is 8.46. The molecule has 13 heteroatoms. The van der Waals surface area contributed by atoms with E-state index in [0.717, 1.165) is 5.56 Å². The third-order valence-electron chi connectivity index (χ3n) is 4.13. The Bertz CT molecular complexity index is 1170. The maximum atomic E-state index is 12.9.